The van der Waals surface area contributed by atoms with Gasteiger partial charge in [0.2, 0.25) is 5.91 Å². The SMILES string of the molecule is C[C@@H](Sc1nnc(COc2ccc(Cl)cc2)n1C)C(=O)Nc1nccs1. The topological polar surface area (TPSA) is 81.9 Å². The van der Waals surface area contributed by atoms with Gasteiger partial charge in [-0.3, -0.25) is 4.79 Å². The highest BCUT2D eigenvalue weighted by atomic mass is 35.5. The first-order valence-electron chi connectivity index (χ1n) is 7.66. The number of thiazole rings is 1. The Morgan fingerprint density at radius 3 is 2.85 bits per heavy atom. The zero-order chi connectivity index (χ0) is 18.5. The van der Waals surface area contributed by atoms with Crippen LogP contribution in [0, 0.1) is 0 Å². The quantitative estimate of drug-likeness (QED) is 0.600. The molecule has 0 spiro atoms. The predicted molar refractivity (Wildman–Crippen MR) is 103 cm³/mol. The number of nitrogens with one attached hydrogen (secondary N) is 1. The number of nitrogens with zero attached hydrogens (tertiary/aromatic N) is 4. The van der Waals surface area contributed by atoms with E-state index in [-0.39, 0.29) is 17.8 Å². The van der Waals surface area contributed by atoms with Crippen molar-refractivity contribution in [3.8, 4) is 5.75 Å². The van der Waals surface area contributed by atoms with E-state index in [2.05, 4.69) is 20.5 Å². The molecule has 1 amide bonds. The molecule has 0 saturated carbocycles. The van der Waals surface area contributed by atoms with Crippen molar-refractivity contribution in [3.05, 3.63) is 46.7 Å². The number of amides is 1. The summed E-state index contributed by atoms with van der Waals surface area (Å²) in [6, 6.07) is 7.11. The molecule has 1 atom stereocenters. The summed E-state index contributed by atoms with van der Waals surface area (Å²) >= 11 is 8.56. The van der Waals surface area contributed by atoms with Crippen LogP contribution in [0.25, 0.3) is 0 Å². The zero-order valence-electron chi connectivity index (χ0n) is 14.0. The molecule has 0 aliphatic heterocycles. The van der Waals surface area contributed by atoms with Crippen LogP contribution in [0.5, 0.6) is 5.75 Å². The molecule has 0 unspecified atom stereocenters. The molecule has 1 N–H and O–H groups in total. The molecule has 2 heterocycles. The largest absolute Gasteiger partial charge is 0.486 e. The van der Waals surface area contributed by atoms with Gasteiger partial charge in [0, 0.05) is 23.6 Å². The van der Waals surface area contributed by atoms with Crippen LogP contribution in [0.1, 0.15) is 12.7 Å². The molecule has 0 aliphatic rings. The number of carbonyl (C=O) groups is 1. The number of ether oxygens (including phenoxy) is 1. The Morgan fingerprint density at radius 1 is 1.38 bits per heavy atom. The van der Waals surface area contributed by atoms with Gasteiger partial charge in [-0.25, -0.2) is 4.98 Å². The molecule has 0 radical (unpaired) electrons. The number of halogens is 1. The Labute approximate surface area is 163 Å². The number of hydrogen-bond donors (Lipinski definition) is 1. The lowest BCUT2D eigenvalue weighted by molar-refractivity contribution is -0.115. The third-order valence-corrected chi connectivity index (χ3v) is 5.49. The highest BCUT2D eigenvalue weighted by molar-refractivity contribution is 8.00. The Hall–Kier alpha value is -2.10. The smallest absolute Gasteiger partial charge is 0.239 e. The van der Waals surface area contributed by atoms with Crippen molar-refractivity contribution in [2.75, 3.05) is 5.32 Å². The van der Waals surface area contributed by atoms with E-state index < -0.39 is 0 Å². The third-order valence-electron chi connectivity index (χ3n) is 3.42. The first-order chi connectivity index (χ1) is 12.5. The van der Waals surface area contributed by atoms with E-state index in [9.17, 15) is 4.79 Å². The summed E-state index contributed by atoms with van der Waals surface area (Å²) in [6.07, 6.45) is 1.65. The average molecular weight is 410 g/mol. The van der Waals surface area contributed by atoms with Gasteiger partial charge in [0.1, 0.15) is 12.4 Å². The number of thioether (sulfide) groups is 1. The molecule has 136 valence electrons. The Kier molecular flexibility index (Phi) is 6.12. The lowest BCUT2D eigenvalue weighted by Gasteiger charge is -2.10. The second-order valence-electron chi connectivity index (χ2n) is 5.29. The summed E-state index contributed by atoms with van der Waals surface area (Å²) in [7, 11) is 1.84. The number of anilines is 1. The Bertz CT molecular complexity index is 867. The minimum Gasteiger partial charge on any atom is -0.486 e. The maximum absolute atomic E-state index is 12.2. The van der Waals surface area contributed by atoms with E-state index in [1.165, 1.54) is 23.1 Å². The second-order valence-corrected chi connectivity index (χ2v) is 7.93. The van der Waals surface area contributed by atoms with Crippen LogP contribution in [0.3, 0.4) is 0 Å². The standard InChI is InChI=1S/C16H16ClN5O2S2/c1-10(14(23)19-15-18-7-8-25-15)26-16-21-20-13(22(16)2)9-24-12-5-3-11(17)4-6-12/h3-8,10H,9H2,1-2H3,(H,18,19,23)/t10-/m1/s1. The molecule has 0 aliphatic carbocycles. The van der Waals surface area contributed by atoms with E-state index in [1.807, 2.05) is 23.9 Å². The van der Waals surface area contributed by atoms with Crippen molar-refractivity contribution in [1.29, 1.82) is 0 Å². The molecule has 10 heteroatoms. The lowest BCUT2D eigenvalue weighted by Crippen LogP contribution is -2.22. The fraction of sp³-hybridized carbons (Fsp3) is 0.250. The molecule has 0 bridgehead atoms. The molecule has 3 rings (SSSR count). The van der Waals surface area contributed by atoms with Crippen LogP contribution < -0.4 is 10.1 Å². The van der Waals surface area contributed by atoms with Gasteiger partial charge >= 0.3 is 0 Å². The van der Waals surface area contributed by atoms with Gasteiger partial charge in [-0.1, -0.05) is 23.4 Å². The predicted octanol–water partition coefficient (Wildman–Crippen LogP) is 3.62. The van der Waals surface area contributed by atoms with Crippen molar-refractivity contribution in [3.63, 3.8) is 0 Å². The summed E-state index contributed by atoms with van der Waals surface area (Å²) in [5, 5.41) is 14.4. The number of carbonyl (C=O) groups excluding carboxylic acids is 1. The number of rotatable bonds is 7. The summed E-state index contributed by atoms with van der Waals surface area (Å²) in [5.74, 6) is 1.23. The van der Waals surface area contributed by atoms with E-state index in [1.54, 1.807) is 30.5 Å². The van der Waals surface area contributed by atoms with Crippen molar-refractivity contribution in [1.82, 2.24) is 19.7 Å². The monoisotopic (exact) mass is 409 g/mol. The second kappa shape index (κ2) is 8.52. The number of aromatic nitrogens is 4. The summed E-state index contributed by atoms with van der Waals surface area (Å²) in [5.41, 5.74) is 0. The number of benzene rings is 1. The highest BCUT2D eigenvalue weighted by Crippen LogP contribution is 2.24. The van der Waals surface area contributed by atoms with E-state index in [0.717, 1.165) is 0 Å². The van der Waals surface area contributed by atoms with Crippen molar-refractivity contribution >= 4 is 45.7 Å². The van der Waals surface area contributed by atoms with Crippen molar-refractivity contribution in [2.24, 2.45) is 7.05 Å². The van der Waals surface area contributed by atoms with Crippen LogP contribution >= 0.6 is 34.7 Å². The first kappa shape index (κ1) is 18.7. The molecule has 2 aromatic heterocycles. The number of hydrogen-bond acceptors (Lipinski definition) is 7. The summed E-state index contributed by atoms with van der Waals surface area (Å²) in [4.78, 5) is 16.3. The Morgan fingerprint density at radius 2 is 2.15 bits per heavy atom. The summed E-state index contributed by atoms with van der Waals surface area (Å²) in [6.45, 7) is 2.08. The van der Waals surface area contributed by atoms with Gasteiger partial charge in [0.25, 0.3) is 0 Å². The molecule has 3 aromatic rings. The zero-order valence-corrected chi connectivity index (χ0v) is 16.4. The van der Waals surface area contributed by atoms with Crippen LogP contribution in [-0.2, 0) is 18.4 Å². The molecule has 7 nitrogen and oxygen atoms in total. The van der Waals surface area contributed by atoms with Gasteiger partial charge in [-0.2, -0.15) is 0 Å². The molecule has 1 aromatic carbocycles. The maximum atomic E-state index is 12.2. The normalized spacial score (nSPS) is 12.0. The average Bonchev–Trinajstić information content (AvgIpc) is 3.25. The van der Waals surface area contributed by atoms with Crippen LogP contribution in [0.15, 0.2) is 41.0 Å². The minimum absolute atomic E-state index is 0.132. The van der Waals surface area contributed by atoms with E-state index in [4.69, 9.17) is 16.3 Å². The lowest BCUT2D eigenvalue weighted by atomic mass is 10.3. The van der Waals surface area contributed by atoms with Crippen LogP contribution in [0.2, 0.25) is 5.02 Å². The maximum Gasteiger partial charge on any atom is 0.239 e. The molecule has 0 fully saturated rings. The first-order valence-corrected chi connectivity index (χ1v) is 9.80. The third kappa shape index (κ3) is 4.75. The Balaban J connectivity index is 1.57. The minimum atomic E-state index is -0.341. The summed E-state index contributed by atoms with van der Waals surface area (Å²) < 4.78 is 7.50. The van der Waals surface area contributed by atoms with Gasteiger partial charge in [-0.15, -0.1) is 21.5 Å². The molecular formula is C16H16ClN5O2S2. The van der Waals surface area contributed by atoms with Crippen molar-refractivity contribution < 1.29 is 9.53 Å². The molecular weight excluding hydrogens is 394 g/mol. The van der Waals surface area contributed by atoms with Gasteiger partial charge in [0.05, 0.1) is 5.25 Å². The van der Waals surface area contributed by atoms with E-state index >= 15 is 0 Å². The molecule has 0 saturated heterocycles. The van der Waals surface area contributed by atoms with Crippen molar-refractivity contribution in [2.45, 2.75) is 23.9 Å². The van der Waals surface area contributed by atoms with Gasteiger partial charge in [-0.05, 0) is 31.2 Å². The molecule has 26 heavy (non-hydrogen) atoms. The van der Waals surface area contributed by atoms with Crippen LogP contribution in [-0.4, -0.2) is 30.9 Å². The van der Waals surface area contributed by atoms with Gasteiger partial charge in [0.15, 0.2) is 16.1 Å². The fourth-order valence-corrected chi connectivity index (χ4v) is 3.45. The fourth-order valence-electron chi connectivity index (χ4n) is 1.96. The van der Waals surface area contributed by atoms with Gasteiger partial charge < -0.3 is 14.6 Å². The highest BCUT2D eigenvalue weighted by Gasteiger charge is 2.19. The van der Waals surface area contributed by atoms with Crippen LogP contribution in [0.4, 0.5) is 5.13 Å². The van der Waals surface area contributed by atoms with E-state index in [0.29, 0.717) is 26.9 Å².